The molecule has 0 aliphatic heterocycles. The lowest BCUT2D eigenvalue weighted by Gasteiger charge is -2.41. The largest absolute Gasteiger partial charge is 0.481 e. The maximum atomic E-state index is 13.3. The molecule has 31 heavy (non-hydrogen) atoms. The monoisotopic (exact) mass is 442 g/mol. The number of amides is 2. The van der Waals surface area contributed by atoms with Crippen molar-refractivity contribution in [1.29, 1.82) is 0 Å². The Hall–Kier alpha value is -2.15. The quantitative estimate of drug-likeness (QED) is 0.597. The maximum absolute atomic E-state index is 13.3. The molecule has 1 aromatic heterocycles. The first-order chi connectivity index (χ1) is 15.0. The molecule has 6 rings (SSSR count). The summed E-state index contributed by atoms with van der Waals surface area (Å²) in [5, 5.41) is 16.6. The van der Waals surface area contributed by atoms with Crippen LogP contribution in [-0.4, -0.2) is 28.9 Å². The van der Waals surface area contributed by atoms with Crippen LogP contribution < -0.4 is 10.6 Å². The van der Waals surface area contributed by atoms with Gasteiger partial charge in [-0.15, -0.1) is 11.3 Å². The van der Waals surface area contributed by atoms with Crippen molar-refractivity contribution in [2.45, 2.75) is 70.3 Å². The Balaban J connectivity index is 1.39. The molecule has 5 aliphatic rings. The van der Waals surface area contributed by atoms with Gasteiger partial charge in [-0.3, -0.25) is 14.4 Å². The van der Waals surface area contributed by atoms with Crippen molar-refractivity contribution < 1.29 is 19.5 Å². The van der Waals surface area contributed by atoms with E-state index in [4.69, 9.17) is 0 Å². The third-order valence-corrected chi connectivity index (χ3v) is 8.87. The Morgan fingerprint density at radius 2 is 1.61 bits per heavy atom. The number of hydrogen-bond acceptors (Lipinski definition) is 4. The van der Waals surface area contributed by atoms with E-state index in [1.54, 1.807) is 0 Å². The Morgan fingerprint density at radius 1 is 0.903 bits per heavy atom. The van der Waals surface area contributed by atoms with Crippen molar-refractivity contribution in [1.82, 2.24) is 5.32 Å². The van der Waals surface area contributed by atoms with Gasteiger partial charge in [-0.2, -0.15) is 0 Å². The summed E-state index contributed by atoms with van der Waals surface area (Å²) in [4.78, 5) is 39.7. The first-order valence-corrected chi connectivity index (χ1v) is 12.5. The standard InChI is InChI=1S/C24H30N2O4S/c27-21(18-13-9-11-14(12-10-13)19(18)24(29)30)26-23-20(16-7-4-8-17(16)31-23)22(28)25-15-5-2-1-3-6-15/h9,11,13-15,18-19H,1-8,10,12H2,(H,25,28)(H,26,27)(H,29,30)/t13-,14+,18-,19-/m0/s1. The Labute approximate surface area is 186 Å². The number of carboxylic acids is 1. The van der Waals surface area contributed by atoms with E-state index in [0.29, 0.717) is 10.6 Å². The highest BCUT2D eigenvalue weighted by Crippen LogP contribution is 2.46. The molecule has 3 N–H and O–H groups in total. The number of rotatable bonds is 5. The molecule has 0 aromatic carbocycles. The van der Waals surface area contributed by atoms with E-state index in [2.05, 4.69) is 10.6 Å². The molecule has 0 spiro atoms. The molecule has 5 aliphatic carbocycles. The molecule has 0 unspecified atom stereocenters. The summed E-state index contributed by atoms with van der Waals surface area (Å²) in [7, 11) is 0. The van der Waals surface area contributed by atoms with Gasteiger partial charge in [0.05, 0.1) is 17.4 Å². The number of anilines is 1. The van der Waals surface area contributed by atoms with Gasteiger partial charge >= 0.3 is 5.97 Å². The number of carbonyl (C=O) groups excluding carboxylic acids is 2. The number of nitrogens with one attached hydrogen (secondary N) is 2. The molecule has 7 heteroatoms. The summed E-state index contributed by atoms with van der Waals surface area (Å²) >= 11 is 1.50. The smallest absolute Gasteiger partial charge is 0.307 e. The van der Waals surface area contributed by atoms with Crippen LogP contribution in [0.5, 0.6) is 0 Å². The highest BCUT2D eigenvalue weighted by molar-refractivity contribution is 7.17. The number of thiophene rings is 1. The maximum Gasteiger partial charge on any atom is 0.307 e. The minimum absolute atomic E-state index is 0.0441. The lowest BCUT2D eigenvalue weighted by Crippen LogP contribution is -2.47. The molecular weight excluding hydrogens is 412 g/mol. The number of carboxylic acid groups (broad SMARTS) is 1. The molecule has 4 atom stereocenters. The average molecular weight is 443 g/mol. The molecule has 2 saturated carbocycles. The highest BCUT2D eigenvalue weighted by Gasteiger charge is 2.48. The average Bonchev–Trinajstić information content (AvgIpc) is 3.35. The van der Waals surface area contributed by atoms with Gasteiger partial charge in [-0.1, -0.05) is 31.4 Å². The number of aliphatic carboxylic acids is 1. The minimum atomic E-state index is -0.900. The first-order valence-electron chi connectivity index (χ1n) is 11.7. The second kappa shape index (κ2) is 8.41. The van der Waals surface area contributed by atoms with Gasteiger partial charge in [-0.05, 0) is 62.3 Å². The van der Waals surface area contributed by atoms with Crippen LogP contribution in [0.1, 0.15) is 72.2 Å². The molecule has 6 nitrogen and oxygen atoms in total. The van der Waals surface area contributed by atoms with E-state index in [9.17, 15) is 19.5 Å². The van der Waals surface area contributed by atoms with E-state index in [1.165, 1.54) is 22.6 Å². The molecule has 1 aromatic rings. The van der Waals surface area contributed by atoms with E-state index in [0.717, 1.165) is 63.4 Å². The molecule has 2 bridgehead atoms. The van der Waals surface area contributed by atoms with Crippen LogP contribution >= 0.6 is 11.3 Å². The fourth-order valence-electron chi connectivity index (χ4n) is 6.12. The second-order valence-corrected chi connectivity index (χ2v) is 10.6. The topological polar surface area (TPSA) is 95.5 Å². The fraction of sp³-hybridized carbons (Fsp3) is 0.625. The predicted octanol–water partition coefficient (Wildman–Crippen LogP) is 4.15. The van der Waals surface area contributed by atoms with Crippen LogP contribution in [0.15, 0.2) is 12.2 Å². The Bertz CT molecular complexity index is 930. The summed E-state index contributed by atoms with van der Waals surface area (Å²) in [5.41, 5.74) is 1.70. The number of carbonyl (C=O) groups is 3. The summed E-state index contributed by atoms with van der Waals surface area (Å²) in [6, 6.07) is 0.206. The van der Waals surface area contributed by atoms with Gasteiger partial charge in [0.25, 0.3) is 5.91 Å². The van der Waals surface area contributed by atoms with Crippen LogP contribution in [0.2, 0.25) is 0 Å². The van der Waals surface area contributed by atoms with E-state index >= 15 is 0 Å². The summed E-state index contributed by atoms with van der Waals surface area (Å²) in [5.74, 6) is -2.62. The molecule has 166 valence electrons. The lowest BCUT2D eigenvalue weighted by atomic mass is 9.62. The van der Waals surface area contributed by atoms with Gasteiger partial charge in [0.15, 0.2) is 0 Å². The molecular formula is C24H30N2O4S. The fourth-order valence-corrected chi connectivity index (χ4v) is 7.41. The van der Waals surface area contributed by atoms with Gasteiger partial charge in [-0.25, -0.2) is 0 Å². The Morgan fingerprint density at radius 3 is 2.29 bits per heavy atom. The Kier molecular flexibility index (Phi) is 5.63. The number of fused-ring (bicyclic) bond motifs is 3. The third-order valence-electron chi connectivity index (χ3n) is 7.66. The molecule has 2 fully saturated rings. The van der Waals surface area contributed by atoms with Crippen molar-refractivity contribution in [2.24, 2.45) is 23.7 Å². The van der Waals surface area contributed by atoms with Crippen LogP contribution in [0.25, 0.3) is 0 Å². The SMILES string of the molecule is O=C(NC1CCCCC1)c1c(NC(=O)[C@@H]2[C@@H](C(=O)O)[C@@H]3C=C[C@H]2CC3)sc2c1CCC2. The van der Waals surface area contributed by atoms with Crippen molar-refractivity contribution in [3.05, 3.63) is 28.2 Å². The van der Waals surface area contributed by atoms with E-state index < -0.39 is 17.8 Å². The van der Waals surface area contributed by atoms with Gasteiger partial charge < -0.3 is 15.7 Å². The summed E-state index contributed by atoms with van der Waals surface area (Å²) in [6.45, 7) is 0. The van der Waals surface area contributed by atoms with Gasteiger partial charge in [0.1, 0.15) is 5.00 Å². The van der Waals surface area contributed by atoms with Crippen LogP contribution in [0.3, 0.4) is 0 Å². The van der Waals surface area contributed by atoms with Crippen LogP contribution in [0, 0.1) is 23.7 Å². The van der Waals surface area contributed by atoms with E-state index in [1.807, 2.05) is 12.2 Å². The van der Waals surface area contributed by atoms with Gasteiger partial charge in [0.2, 0.25) is 5.91 Å². The first kappa shape index (κ1) is 20.7. The summed E-state index contributed by atoms with van der Waals surface area (Å²) < 4.78 is 0. The number of allylic oxidation sites excluding steroid dienone is 2. The molecule has 2 amide bonds. The zero-order chi connectivity index (χ0) is 21.5. The van der Waals surface area contributed by atoms with E-state index in [-0.39, 0.29) is 29.7 Å². The van der Waals surface area contributed by atoms with Crippen molar-refractivity contribution in [2.75, 3.05) is 5.32 Å². The van der Waals surface area contributed by atoms with Crippen molar-refractivity contribution >= 4 is 34.1 Å². The zero-order valence-corrected chi connectivity index (χ0v) is 18.5. The number of hydrogen-bond donors (Lipinski definition) is 3. The van der Waals surface area contributed by atoms with Crippen molar-refractivity contribution in [3.8, 4) is 0 Å². The number of aryl methyl sites for hydroxylation is 1. The van der Waals surface area contributed by atoms with Crippen LogP contribution in [-0.2, 0) is 22.4 Å². The molecule has 0 radical (unpaired) electrons. The second-order valence-electron chi connectivity index (χ2n) is 9.54. The summed E-state index contributed by atoms with van der Waals surface area (Å²) in [6.07, 6.45) is 14.0. The zero-order valence-electron chi connectivity index (χ0n) is 17.7. The highest BCUT2D eigenvalue weighted by atomic mass is 32.1. The minimum Gasteiger partial charge on any atom is -0.481 e. The predicted molar refractivity (Wildman–Crippen MR) is 119 cm³/mol. The van der Waals surface area contributed by atoms with Crippen molar-refractivity contribution in [3.63, 3.8) is 0 Å². The molecule has 1 heterocycles. The van der Waals surface area contributed by atoms with Crippen LogP contribution in [0.4, 0.5) is 5.00 Å². The van der Waals surface area contributed by atoms with Gasteiger partial charge in [0, 0.05) is 10.9 Å². The molecule has 0 saturated heterocycles. The lowest BCUT2D eigenvalue weighted by molar-refractivity contribution is -0.151. The third kappa shape index (κ3) is 3.81. The normalized spacial score (nSPS) is 29.5.